The molecular weight excluding hydrogens is 424 g/mol. The lowest BCUT2D eigenvalue weighted by molar-refractivity contribution is -0.249. The molecule has 0 aliphatic carbocycles. The van der Waals surface area contributed by atoms with E-state index in [2.05, 4.69) is 9.97 Å². The van der Waals surface area contributed by atoms with Crippen LogP contribution in [-0.2, 0) is 19.1 Å². The predicted octanol–water partition coefficient (Wildman–Crippen LogP) is 1.22. The number of hydrogen-bond acceptors (Lipinski definition) is 9. The highest BCUT2D eigenvalue weighted by atomic mass is 16.5. The van der Waals surface area contributed by atoms with Crippen molar-refractivity contribution in [1.82, 2.24) is 19.8 Å². The summed E-state index contributed by atoms with van der Waals surface area (Å²) in [7, 11) is 4.44. The molecule has 0 radical (unpaired) electrons. The topological polar surface area (TPSA) is 105 Å². The smallest absolute Gasteiger partial charge is 0.317 e. The van der Waals surface area contributed by atoms with Gasteiger partial charge >= 0.3 is 11.9 Å². The van der Waals surface area contributed by atoms with E-state index in [1.165, 1.54) is 14.2 Å². The van der Waals surface area contributed by atoms with Gasteiger partial charge in [-0.1, -0.05) is 19.1 Å². The average Bonchev–Trinajstić information content (AvgIpc) is 2.85. The molecule has 2 aromatic rings. The van der Waals surface area contributed by atoms with Crippen molar-refractivity contribution in [2.24, 2.45) is 10.8 Å². The first kappa shape index (κ1) is 23.3. The number of rotatable bonds is 5. The second kappa shape index (κ2) is 8.81. The first-order valence-electron chi connectivity index (χ1n) is 11.0. The van der Waals surface area contributed by atoms with Gasteiger partial charge < -0.3 is 19.5 Å². The van der Waals surface area contributed by atoms with E-state index in [1.807, 2.05) is 48.0 Å². The number of nitrogens with zero attached hydrogens (tertiary/aromatic N) is 4. The van der Waals surface area contributed by atoms with Crippen LogP contribution in [0.1, 0.15) is 30.4 Å². The lowest BCUT2D eigenvalue weighted by atomic mass is 9.53. The lowest BCUT2D eigenvalue weighted by Crippen LogP contribution is -2.77. The van der Waals surface area contributed by atoms with Gasteiger partial charge in [0.15, 0.2) is 0 Å². The molecule has 2 aromatic heterocycles. The molecule has 4 heterocycles. The number of aliphatic hydroxyl groups is 1. The van der Waals surface area contributed by atoms with Gasteiger partial charge in [-0.2, -0.15) is 0 Å². The van der Waals surface area contributed by atoms with E-state index in [-0.39, 0.29) is 13.1 Å². The van der Waals surface area contributed by atoms with Crippen LogP contribution >= 0.6 is 0 Å². The van der Waals surface area contributed by atoms with Crippen LogP contribution in [0.15, 0.2) is 48.8 Å². The fourth-order valence-corrected chi connectivity index (χ4v) is 5.98. The summed E-state index contributed by atoms with van der Waals surface area (Å²) in [4.78, 5) is 40.2. The summed E-state index contributed by atoms with van der Waals surface area (Å²) in [6.07, 6.45) is 1.90. The molecule has 2 fully saturated rings. The van der Waals surface area contributed by atoms with Crippen molar-refractivity contribution in [3.8, 4) is 0 Å². The molecule has 4 rings (SSSR count). The minimum absolute atomic E-state index is 0.205. The summed E-state index contributed by atoms with van der Waals surface area (Å²) in [6, 6.07) is 9.55. The minimum Gasteiger partial charge on any atom is -0.468 e. The fraction of sp³-hybridized carbons (Fsp3) is 0.500. The van der Waals surface area contributed by atoms with Gasteiger partial charge in [0.2, 0.25) is 0 Å². The Balaban J connectivity index is 2.07. The Morgan fingerprint density at radius 1 is 0.970 bits per heavy atom. The summed E-state index contributed by atoms with van der Waals surface area (Å²) in [5.74, 6) is -1.19. The molecular formula is C24H30N4O5. The number of carbonyl (C=O) groups excluding carboxylic acids is 2. The van der Waals surface area contributed by atoms with Crippen LogP contribution in [0, 0.1) is 10.8 Å². The van der Waals surface area contributed by atoms with Crippen LogP contribution in [-0.4, -0.2) is 83.8 Å². The highest BCUT2D eigenvalue weighted by Gasteiger charge is 2.74. The van der Waals surface area contributed by atoms with Crippen molar-refractivity contribution in [2.75, 3.05) is 40.9 Å². The Kier molecular flexibility index (Phi) is 6.22. The number of aromatic nitrogens is 2. The summed E-state index contributed by atoms with van der Waals surface area (Å²) < 4.78 is 10.6. The van der Waals surface area contributed by atoms with Crippen molar-refractivity contribution in [1.29, 1.82) is 0 Å². The van der Waals surface area contributed by atoms with Crippen LogP contribution in [0.5, 0.6) is 0 Å². The molecule has 2 saturated heterocycles. The molecule has 2 aliphatic rings. The summed E-state index contributed by atoms with van der Waals surface area (Å²) >= 11 is 0. The molecule has 0 saturated carbocycles. The molecule has 9 nitrogen and oxygen atoms in total. The van der Waals surface area contributed by atoms with Gasteiger partial charge in [0, 0.05) is 25.5 Å². The van der Waals surface area contributed by atoms with Crippen LogP contribution in [0.2, 0.25) is 0 Å². The number of fused-ring (bicyclic) bond motifs is 2. The maximum atomic E-state index is 13.6. The molecule has 0 amide bonds. The van der Waals surface area contributed by atoms with E-state index in [1.54, 1.807) is 24.5 Å². The summed E-state index contributed by atoms with van der Waals surface area (Å²) in [5.41, 5.74) is -1.76. The Labute approximate surface area is 193 Å². The number of esters is 2. The maximum Gasteiger partial charge on any atom is 0.317 e. The third kappa shape index (κ3) is 3.25. The minimum atomic E-state index is -1.48. The molecule has 0 spiro atoms. The Bertz CT molecular complexity index is 929. The monoisotopic (exact) mass is 454 g/mol. The number of ether oxygens (including phenoxy) is 2. The van der Waals surface area contributed by atoms with E-state index in [0.717, 1.165) is 0 Å². The molecule has 2 aliphatic heterocycles. The second-order valence-electron chi connectivity index (χ2n) is 8.75. The lowest BCUT2D eigenvalue weighted by Gasteiger charge is -2.64. The zero-order chi connectivity index (χ0) is 23.8. The van der Waals surface area contributed by atoms with Gasteiger partial charge in [-0.25, -0.2) is 0 Å². The molecule has 0 aromatic carbocycles. The fourth-order valence-electron chi connectivity index (χ4n) is 5.98. The number of aliphatic hydroxyl groups excluding tert-OH is 1. The van der Waals surface area contributed by atoms with E-state index in [9.17, 15) is 14.7 Å². The number of carbonyl (C=O) groups is 2. The summed E-state index contributed by atoms with van der Waals surface area (Å²) in [6.45, 7) is 2.93. The molecule has 176 valence electrons. The SMILES string of the molecule is CCN1CC2(C(=O)OC)C(c3ccccn3)N(C)C(c3ccccn3)C(C(=O)OC)(C1)C2O. The maximum absolute atomic E-state index is 13.6. The zero-order valence-corrected chi connectivity index (χ0v) is 19.3. The van der Waals surface area contributed by atoms with Crippen molar-refractivity contribution in [3.63, 3.8) is 0 Å². The Morgan fingerprint density at radius 3 is 1.76 bits per heavy atom. The van der Waals surface area contributed by atoms with Gasteiger partial charge in [0.1, 0.15) is 10.8 Å². The van der Waals surface area contributed by atoms with E-state index >= 15 is 0 Å². The van der Waals surface area contributed by atoms with E-state index in [4.69, 9.17) is 9.47 Å². The molecule has 4 atom stereocenters. The third-order valence-electron chi connectivity index (χ3n) is 7.25. The van der Waals surface area contributed by atoms with Crippen LogP contribution in [0.25, 0.3) is 0 Å². The number of pyridine rings is 2. The quantitative estimate of drug-likeness (QED) is 0.668. The molecule has 33 heavy (non-hydrogen) atoms. The van der Waals surface area contributed by atoms with Crippen LogP contribution < -0.4 is 0 Å². The summed E-state index contributed by atoms with van der Waals surface area (Å²) in [5, 5.41) is 12.1. The van der Waals surface area contributed by atoms with Gasteiger partial charge in [0.25, 0.3) is 0 Å². The molecule has 2 bridgehead atoms. The van der Waals surface area contributed by atoms with Crippen molar-refractivity contribution in [3.05, 3.63) is 60.2 Å². The van der Waals surface area contributed by atoms with Gasteiger partial charge in [-0.3, -0.25) is 24.5 Å². The van der Waals surface area contributed by atoms with E-state index < -0.39 is 41.0 Å². The highest BCUT2D eigenvalue weighted by Crippen LogP contribution is 2.62. The number of methoxy groups -OCH3 is 2. The Morgan fingerprint density at radius 2 is 1.42 bits per heavy atom. The largest absolute Gasteiger partial charge is 0.468 e. The van der Waals surface area contributed by atoms with Gasteiger partial charge in [0.05, 0.1) is 43.8 Å². The zero-order valence-electron chi connectivity index (χ0n) is 19.3. The van der Waals surface area contributed by atoms with Gasteiger partial charge in [-0.05, 0) is 37.9 Å². The Hall–Kier alpha value is -2.88. The normalized spacial score (nSPS) is 32.2. The first-order chi connectivity index (χ1) is 15.9. The van der Waals surface area contributed by atoms with Crippen LogP contribution in [0.4, 0.5) is 0 Å². The highest BCUT2D eigenvalue weighted by molar-refractivity contribution is 5.86. The predicted molar refractivity (Wildman–Crippen MR) is 119 cm³/mol. The number of likely N-dealkylation sites (tertiary alicyclic amines) is 2. The van der Waals surface area contributed by atoms with Crippen LogP contribution in [0.3, 0.4) is 0 Å². The second-order valence-corrected chi connectivity index (χ2v) is 8.75. The van der Waals surface area contributed by atoms with E-state index in [0.29, 0.717) is 17.9 Å². The van der Waals surface area contributed by atoms with Crippen molar-refractivity contribution >= 4 is 11.9 Å². The first-order valence-corrected chi connectivity index (χ1v) is 11.0. The standard InChI is InChI=1S/C24H30N4O5/c1-5-28-14-23(21(30)32-3)18(16-10-6-8-12-25-16)27(2)19(17-11-7-9-13-26-17)24(15-28,20(23)29)22(31)33-4/h6-13,18-20,29H,5,14-15H2,1-4H3. The van der Waals surface area contributed by atoms with Crippen molar-refractivity contribution in [2.45, 2.75) is 25.1 Å². The average molecular weight is 455 g/mol. The molecule has 1 N–H and O–H groups in total. The molecule has 4 unspecified atom stereocenters. The van der Waals surface area contributed by atoms with Gasteiger partial charge in [-0.15, -0.1) is 0 Å². The molecule has 9 heteroatoms. The number of hydrogen-bond donors (Lipinski definition) is 1. The number of piperidine rings is 2. The third-order valence-corrected chi connectivity index (χ3v) is 7.25. The van der Waals surface area contributed by atoms with Crippen molar-refractivity contribution < 1.29 is 24.2 Å².